The topological polar surface area (TPSA) is 128 Å². The van der Waals surface area contributed by atoms with Crippen molar-refractivity contribution in [1.82, 2.24) is 9.80 Å². The number of hydrogen-bond donors (Lipinski definition) is 2. The lowest BCUT2D eigenvalue weighted by molar-refractivity contribution is -0.140. The minimum Gasteiger partial charge on any atom is -0.497 e. The number of thiophene rings is 2. The molecule has 4 aliphatic rings. The molecule has 8 rings (SSSR count). The molecule has 0 radical (unpaired) electrons. The Bertz CT molecular complexity index is 2750. The Morgan fingerprint density at radius 1 is 0.731 bits per heavy atom. The van der Waals surface area contributed by atoms with Gasteiger partial charge in [0.15, 0.2) is 0 Å². The second kappa shape index (κ2) is 21.6. The standard InChI is InChI=1S/C51H51N3O7S6/c1-4-6-8-10-12-30-22-36(26-42-48(59)52(28-44(55)56)50(62)66-42)64-46(30)32-14-20-40-38(24-32)39-25-33(15-21-41(39)54(40)34-16-18-35(61-3)19-17-34)47-31(13-11-9-7-5-2)23-37(65-47)27-43-49(60)53(29-45(57)58)51(63)67-43/h14-27,38,40H,4-13,28-29H2,1-3H3,(H,55,56)(H,57,58)/b42-26+,43-27+. The zero-order chi connectivity index (χ0) is 47.4. The first-order valence-electron chi connectivity index (χ1n) is 22.5. The fraction of sp³-hybridized carbons (Fsp3) is 0.333. The smallest absolute Gasteiger partial charge is 0.323 e. The molecule has 2 N–H and O–H groups in total. The Labute approximate surface area is 418 Å². The number of unbranched alkanes of at least 4 members (excludes halogenated alkanes) is 6. The Balaban J connectivity index is 1.19. The summed E-state index contributed by atoms with van der Waals surface area (Å²) in [6.45, 7) is 3.48. The van der Waals surface area contributed by atoms with Crippen LogP contribution in [0, 0.1) is 0 Å². The number of carboxylic acids is 2. The van der Waals surface area contributed by atoms with E-state index in [4.69, 9.17) is 29.2 Å². The van der Waals surface area contributed by atoms with Crippen molar-refractivity contribution in [3.05, 3.63) is 114 Å². The zero-order valence-electron chi connectivity index (χ0n) is 37.4. The molecule has 0 saturated carbocycles. The molecule has 2 saturated heterocycles. The fourth-order valence-corrected chi connectivity index (χ4v) is 13.9. The third-order valence-electron chi connectivity index (χ3n) is 12.2. The van der Waals surface area contributed by atoms with Crippen LogP contribution >= 0.6 is 70.6 Å². The summed E-state index contributed by atoms with van der Waals surface area (Å²) in [7, 11) is 1.67. The monoisotopic (exact) mass is 1010 g/mol. The van der Waals surface area contributed by atoms with Crippen LogP contribution in [0.3, 0.4) is 0 Å². The lowest BCUT2D eigenvalue weighted by Gasteiger charge is -2.29. The van der Waals surface area contributed by atoms with Crippen molar-refractivity contribution in [1.29, 1.82) is 0 Å². The quantitative estimate of drug-likeness (QED) is 0.0497. The molecular weight excluding hydrogens is 959 g/mol. The number of thiocarbonyl (C=S) groups is 2. The molecule has 2 aromatic carbocycles. The summed E-state index contributed by atoms with van der Waals surface area (Å²) >= 11 is 16.4. The van der Waals surface area contributed by atoms with E-state index in [1.54, 1.807) is 29.8 Å². The Hall–Kier alpha value is -4.84. The molecule has 10 nitrogen and oxygen atoms in total. The van der Waals surface area contributed by atoms with Crippen molar-refractivity contribution in [3.63, 3.8) is 0 Å². The molecule has 2 fully saturated rings. The number of anilines is 2. The molecule has 1 aliphatic carbocycles. The van der Waals surface area contributed by atoms with Gasteiger partial charge in [-0.05, 0) is 114 Å². The SMILES string of the molecule is CCCCCCc1cc(/C=C2/SC(=S)N(CC(=O)O)C2=O)sc1C1=CC2c3cc(-c4sc(/C=C5/SC(=S)N(CC(=O)O)C5=O)cc4CCCCCC)ccc3N(c3ccc(OC)cc3)C2C=C1. The van der Waals surface area contributed by atoms with Gasteiger partial charge in [-0.15, -0.1) is 22.7 Å². The van der Waals surface area contributed by atoms with Crippen molar-refractivity contribution in [2.75, 3.05) is 25.1 Å². The highest BCUT2D eigenvalue weighted by molar-refractivity contribution is 8.27. The van der Waals surface area contributed by atoms with Gasteiger partial charge in [-0.25, -0.2) is 0 Å². The number of hydrogen-bond acceptors (Lipinski definition) is 12. The van der Waals surface area contributed by atoms with E-state index in [-0.39, 0.29) is 32.4 Å². The fourth-order valence-electron chi connectivity index (χ4n) is 8.93. The van der Waals surface area contributed by atoms with E-state index in [9.17, 15) is 29.4 Å². The summed E-state index contributed by atoms with van der Waals surface area (Å²) in [6.07, 6.45) is 21.3. The van der Waals surface area contributed by atoms with Gasteiger partial charge < -0.3 is 19.8 Å². The number of fused-ring (bicyclic) bond motifs is 3. The maximum atomic E-state index is 13.3. The van der Waals surface area contributed by atoms with Gasteiger partial charge in [0.25, 0.3) is 11.8 Å². The van der Waals surface area contributed by atoms with E-state index >= 15 is 0 Å². The van der Waals surface area contributed by atoms with E-state index in [1.165, 1.54) is 16.7 Å². The number of carbonyl (C=O) groups is 4. The second-order valence-electron chi connectivity index (χ2n) is 16.8. The van der Waals surface area contributed by atoms with Gasteiger partial charge in [0.1, 0.15) is 27.5 Å². The van der Waals surface area contributed by atoms with Crippen molar-refractivity contribution in [2.24, 2.45) is 0 Å². The highest BCUT2D eigenvalue weighted by Crippen LogP contribution is 2.52. The van der Waals surface area contributed by atoms with Gasteiger partial charge in [-0.1, -0.05) is 125 Å². The summed E-state index contributed by atoms with van der Waals surface area (Å²) in [4.78, 5) is 59.3. The number of aryl methyl sites for hydroxylation is 2. The summed E-state index contributed by atoms with van der Waals surface area (Å²) in [5.74, 6) is -2.22. The van der Waals surface area contributed by atoms with E-state index in [1.807, 2.05) is 24.3 Å². The maximum Gasteiger partial charge on any atom is 0.323 e. The number of benzene rings is 2. The van der Waals surface area contributed by atoms with Crippen molar-refractivity contribution < 1.29 is 34.1 Å². The first kappa shape index (κ1) is 48.6. The second-order valence-corrected chi connectivity index (χ2v) is 22.3. The van der Waals surface area contributed by atoms with Gasteiger partial charge >= 0.3 is 11.9 Å². The Morgan fingerprint density at radius 3 is 1.82 bits per heavy atom. The van der Waals surface area contributed by atoms with Crippen molar-refractivity contribution >= 4 is 132 Å². The van der Waals surface area contributed by atoms with E-state index < -0.39 is 25.0 Å². The number of nitrogens with zero attached hydrogens (tertiary/aromatic N) is 3. The first-order valence-corrected chi connectivity index (χ1v) is 26.6. The minimum absolute atomic E-state index is 0.00823. The number of carboxylic acid groups (broad SMARTS) is 2. The summed E-state index contributed by atoms with van der Waals surface area (Å²) < 4.78 is 6.03. The summed E-state index contributed by atoms with van der Waals surface area (Å²) in [6, 6.07) is 19.3. The number of aliphatic carboxylic acids is 2. The highest BCUT2D eigenvalue weighted by atomic mass is 32.2. The minimum atomic E-state index is -1.11. The molecule has 16 heteroatoms. The van der Waals surface area contributed by atoms with Gasteiger partial charge in [0.2, 0.25) is 0 Å². The van der Waals surface area contributed by atoms with Crippen LogP contribution in [0.1, 0.15) is 102 Å². The van der Waals surface area contributed by atoms with E-state index in [2.05, 4.69) is 79.4 Å². The first-order chi connectivity index (χ1) is 32.4. The van der Waals surface area contributed by atoms with Gasteiger partial charge in [-0.3, -0.25) is 29.0 Å². The normalized spacial score (nSPS) is 19.0. The van der Waals surface area contributed by atoms with Crippen molar-refractivity contribution in [2.45, 2.75) is 90.0 Å². The molecule has 4 aromatic rings. The third-order valence-corrected chi connectivity index (χ3v) is 17.3. The average Bonchev–Trinajstić information content (AvgIpc) is 4.11. The van der Waals surface area contributed by atoms with Crippen LogP contribution in [-0.2, 0) is 32.0 Å². The molecule has 2 amide bonds. The molecule has 0 bridgehead atoms. The number of ether oxygens (including phenoxy) is 1. The highest BCUT2D eigenvalue weighted by Gasteiger charge is 2.40. The molecular formula is C51H51N3O7S6. The molecule has 2 unspecified atom stereocenters. The number of amides is 2. The molecule has 2 aromatic heterocycles. The molecule has 0 spiro atoms. The summed E-state index contributed by atoms with van der Waals surface area (Å²) in [5.41, 5.74) is 8.03. The molecule has 67 heavy (non-hydrogen) atoms. The molecule has 5 heterocycles. The van der Waals surface area contributed by atoms with Crippen LogP contribution in [-0.4, -0.2) is 78.6 Å². The molecule has 348 valence electrons. The Morgan fingerprint density at radius 2 is 1.28 bits per heavy atom. The predicted molar refractivity (Wildman–Crippen MR) is 284 cm³/mol. The number of rotatable bonds is 20. The summed E-state index contributed by atoms with van der Waals surface area (Å²) in [5, 5.41) is 18.8. The van der Waals surface area contributed by atoms with E-state index in [0.717, 1.165) is 145 Å². The third kappa shape index (κ3) is 10.7. The van der Waals surface area contributed by atoms with Gasteiger partial charge in [0.05, 0.1) is 23.0 Å². The molecule has 2 atom stereocenters. The lowest BCUT2D eigenvalue weighted by Crippen LogP contribution is -2.33. The van der Waals surface area contributed by atoms with Crippen LogP contribution in [0.5, 0.6) is 5.75 Å². The average molecular weight is 1010 g/mol. The number of methoxy groups -OCH3 is 1. The van der Waals surface area contributed by atoms with Crippen LogP contribution in [0.4, 0.5) is 11.4 Å². The number of thioether (sulfide) groups is 2. The predicted octanol–water partition coefficient (Wildman–Crippen LogP) is 12.6. The van der Waals surface area contributed by atoms with Crippen LogP contribution in [0.15, 0.2) is 82.6 Å². The number of carbonyl (C=O) groups excluding carboxylic acids is 2. The van der Waals surface area contributed by atoms with Gasteiger partial charge in [0, 0.05) is 36.8 Å². The number of allylic oxidation sites excluding steroid dienone is 2. The van der Waals surface area contributed by atoms with E-state index in [0.29, 0.717) is 9.81 Å². The van der Waals surface area contributed by atoms with Crippen molar-refractivity contribution in [3.8, 4) is 16.2 Å². The van der Waals surface area contributed by atoms with Gasteiger partial charge in [-0.2, -0.15) is 0 Å². The zero-order valence-corrected chi connectivity index (χ0v) is 42.3. The van der Waals surface area contributed by atoms with Crippen LogP contribution in [0.2, 0.25) is 0 Å². The van der Waals surface area contributed by atoms with Crippen LogP contribution < -0.4 is 9.64 Å². The lowest BCUT2D eigenvalue weighted by atomic mass is 9.86. The largest absolute Gasteiger partial charge is 0.497 e. The Kier molecular flexibility index (Phi) is 15.7. The maximum absolute atomic E-state index is 13.3. The molecule has 3 aliphatic heterocycles. The van der Waals surface area contributed by atoms with Crippen LogP contribution in [0.25, 0.3) is 28.2 Å².